The molecule has 0 fully saturated rings. The summed E-state index contributed by atoms with van der Waals surface area (Å²) in [6.45, 7) is 3.20. The molecule has 0 unspecified atom stereocenters. The quantitative estimate of drug-likeness (QED) is 0.235. The van der Waals surface area contributed by atoms with Crippen LogP contribution < -0.4 is 15.4 Å². The maximum absolute atomic E-state index is 5.73. The molecule has 0 aliphatic rings. The lowest BCUT2D eigenvalue weighted by Crippen LogP contribution is -2.41. The van der Waals surface area contributed by atoms with Gasteiger partial charge in [0, 0.05) is 33.4 Å². The summed E-state index contributed by atoms with van der Waals surface area (Å²) < 4.78 is 5.73. The number of para-hydroxylation sites is 1. The molecule has 0 spiro atoms. The third-order valence-electron chi connectivity index (χ3n) is 3.87. The summed E-state index contributed by atoms with van der Waals surface area (Å²) in [5.74, 6) is 2.71. The van der Waals surface area contributed by atoms with Crippen LogP contribution in [0.5, 0.6) is 5.75 Å². The van der Waals surface area contributed by atoms with E-state index in [1.807, 2.05) is 55.6 Å². The second-order valence-electron chi connectivity index (χ2n) is 5.91. The fraction of sp³-hybridized carbons (Fsp3) is 0.400. The van der Waals surface area contributed by atoms with E-state index >= 15 is 0 Å². The van der Waals surface area contributed by atoms with Crippen LogP contribution in [0, 0.1) is 0 Å². The first-order chi connectivity index (χ1) is 12.8. The Hall–Kier alpha value is -2.03. The SMILES string of the molecule is CN=C(NCCCCNc1ccccn1)N(C)CCOc1ccccc1.I. The average molecular weight is 483 g/mol. The lowest BCUT2D eigenvalue weighted by molar-refractivity contribution is 0.281. The zero-order chi connectivity index (χ0) is 18.5. The highest BCUT2D eigenvalue weighted by Gasteiger charge is 2.05. The van der Waals surface area contributed by atoms with Gasteiger partial charge >= 0.3 is 0 Å². The van der Waals surface area contributed by atoms with Crippen LogP contribution in [0.1, 0.15) is 12.8 Å². The number of pyridine rings is 1. The fourth-order valence-corrected chi connectivity index (χ4v) is 2.44. The lowest BCUT2D eigenvalue weighted by Gasteiger charge is -2.22. The van der Waals surface area contributed by atoms with Crippen molar-refractivity contribution in [1.82, 2.24) is 15.2 Å². The average Bonchev–Trinajstić information content (AvgIpc) is 2.69. The van der Waals surface area contributed by atoms with Gasteiger partial charge in [-0.1, -0.05) is 24.3 Å². The minimum atomic E-state index is 0. The third-order valence-corrected chi connectivity index (χ3v) is 3.87. The maximum atomic E-state index is 5.73. The van der Waals surface area contributed by atoms with E-state index in [9.17, 15) is 0 Å². The Balaban J connectivity index is 0.00000364. The van der Waals surface area contributed by atoms with E-state index in [4.69, 9.17) is 4.74 Å². The smallest absolute Gasteiger partial charge is 0.193 e. The van der Waals surface area contributed by atoms with Crippen molar-refractivity contribution in [2.24, 2.45) is 4.99 Å². The molecule has 1 heterocycles. The van der Waals surface area contributed by atoms with E-state index in [1.165, 1.54) is 0 Å². The molecule has 0 radical (unpaired) electrons. The van der Waals surface area contributed by atoms with Gasteiger partial charge in [0.15, 0.2) is 5.96 Å². The number of hydrogen-bond acceptors (Lipinski definition) is 4. The summed E-state index contributed by atoms with van der Waals surface area (Å²) in [6, 6.07) is 15.7. The van der Waals surface area contributed by atoms with Crippen molar-refractivity contribution in [1.29, 1.82) is 0 Å². The van der Waals surface area contributed by atoms with Crippen molar-refractivity contribution in [3.05, 3.63) is 54.7 Å². The van der Waals surface area contributed by atoms with Gasteiger partial charge in [-0.05, 0) is 37.1 Å². The fourth-order valence-electron chi connectivity index (χ4n) is 2.44. The molecule has 0 aliphatic carbocycles. The number of nitrogens with zero attached hydrogens (tertiary/aromatic N) is 3. The molecule has 0 saturated heterocycles. The maximum Gasteiger partial charge on any atom is 0.193 e. The summed E-state index contributed by atoms with van der Waals surface area (Å²) in [4.78, 5) is 10.7. The molecule has 27 heavy (non-hydrogen) atoms. The summed E-state index contributed by atoms with van der Waals surface area (Å²) in [5, 5.41) is 6.71. The van der Waals surface area contributed by atoms with Crippen molar-refractivity contribution in [2.45, 2.75) is 12.8 Å². The van der Waals surface area contributed by atoms with Crippen molar-refractivity contribution in [2.75, 3.05) is 45.7 Å². The highest BCUT2D eigenvalue weighted by molar-refractivity contribution is 14.0. The van der Waals surface area contributed by atoms with E-state index in [-0.39, 0.29) is 24.0 Å². The predicted octanol–water partition coefficient (Wildman–Crippen LogP) is 3.48. The van der Waals surface area contributed by atoms with Gasteiger partial charge in [0.05, 0.1) is 6.54 Å². The number of likely N-dealkylation sites (N-methyl/N-ethyl adjacent to an activating group) is 1. The van der Waals surface area contributed by atoms with Gasteiger partial charge in [-0.2, -0.15) is 0 Å². The monoisotopic (exact) mass is 483 g/mol. The number of aliphatic imine (C=N–C) groups is 1. The van der Waals surface area contributed by atoms with E-state index in [2.05, 4.69) is 25.5 Å². The number of hydrogen-bond donors (Lipinski definition) is 2. The molecule has 2 aromatic rings. The van der Waals surface area contributed by atoms with E-state index < -0.39 is 0 Å². The summed E-state index contributed by atoms with van der Waals surface area (Å²) in [7, 11) is 3.83. The molecule has 0 aliphatic heterocycles. The predicted molar refractivity (Wildman–Crippen MR) is 123 cm³/mol. The van der Waals surface area contributed by atoms with E-state index in [0.29, 0.717) is 6.61 Å². The summed E-state index contributed by atoms with van der Waals surface area (Å²) in [5.41, 5.74) is 0. The van der Waals surface area contributed by atoms with E-state index in [1.54, 1.807) is 13.2 Å². The number of nitrogens with one attached hydrogen (secondary N) is 2. The van der Waals surface area contributed by atoms with Crippen LogP contribution in [-0.4, -0.2) is 56.2 Å². The number of ether oxygens (including phenoxy) is 1. The standard InChI is InChI=1S/C20H29N5O.HI/c1-21-20(25(2)16-17-26-18-10-4-3-5-11-18)24-15-9-8-14-23-19-12-6-7-13-22-19;/h3-7,10-13H,8-9,14-17H2,1-2H3,(H,21,24)(H,22,23);1H. The zero-order valence-electron chi connectivity index (χ0n) is 16.1. The van der Waals surface area contributed by atoms with Gasteiger partial charge in [0.1, 0.15) is 18.2 Å². The molecule has 0 saturated carbocycles. The van der Waals surface area contributed by atoms with Crippen molar-refractivity contribution in [3.63, 3.8) is 0 Å². The Morgan fingerprint density at radius 1 is 1.07 bits per heavy atom. The number of guanidine groups is 1. The minimum absolute atomic E-state index is 0. The number of aromatic nitrogens is 1. The molecular weight excluding hydrogens is 453 g/mol. The number of rotatable bonds is 10. The Bertz CT molecular complexity index is 639. The molecule has 1 aromatic heterocycles. The second kappa shape index (κ2) is 14.1. The van der Waals surface area contributed by atoms with Crippen LogP contribution in [0.3, 0.4) is 0 Å². The zero-order valence-corrected chi connectivity index (χ0v) is 18.4. The van der Waals surface area contributed by atoms with Crippen LogP contribution in [0.2, 0.25) is 0 Å². The second-order valence-corrected chi connectivity index (χ2v) is 5.91. The number of unbranched alkanes of at least 4 members (excludes halogenated alkanes) is 1. The summed E-state index contributed by atoms with van der Waals surface area (Å²) in [6.07, 6.45) is 3.93. The largest absolute Gasteiger partial charge is 0.492 e. The molecule has 0 bridgehead atoms. The molecule has 148 valence electrons. The Kier molecular flexibility index (Phi) is 12.0. The number of anilines is 1. The Morgan fingerprint density at radius 3 is 2.52 bits per heavy atom. The van der Waals surface area contributed by atoms with Crippen molar-refractivity contribution in [3.8, 4) is 5.75 Å². The lowest BCUT2D eigenvalue weighted by atomic mass is 10.3. The van der Waals surface area contributed by atoms with E-state index in [0.717, 1.165) is 50.0 Å². The Morgan fingerprint density at radius 2 is 1.81 bits per heavy atom. The molecule has 1 aromatic carbocycles. The molecule has 6 nitrogen and oxygen atoms in total. The first-order valence-electron chi connectivity index (χ1n) is 9.04. The van der Waals surface area contributed by atoms with Crippen molar-refractivity contribution >= 4 is 35.8 Å². The molecular formula is C20H30IN5O. The minimum Gasteiger partial charge on any atom is -0.492 e. The van der Waals surface area contributed by atoms with Crippen LogP contribution in [0.4, 0.5) is 5.82 Å². The van der Waals surface area contributed by atoms with Gasteiger partial charge < -0.3 is 20.3 Å². The van der Waals surface area contributed by atoms with Gasteiger partial charge in [0.25, 0.3) is 0 Å². The highest BCUT2D eigenvalue weighted by atomic mass is 127. The molecule has 0 amide bonds. The Labute approximate surface area is 179 Å². The molecule has 2 rings (SSSR count). The number of halogens is 1. The van der Waals surface area contributed by atoms with Gasteiger partial charge in [0.2, 0.25) is 0 Å². The highest BCUT2D eigenvalue weighted by Crippen LogP contribution is 2.07. The molecule has 7 heteroatoms. The molecule has 0 atom stereocenters. The normalized spacial score (nSPS) is 10.7. The third kappa shape index (κ3) is 9.46. The van der Waals surface area contributed by atoms with Crippen molar-refractivity contribution < 1.29 is 4.74 Å². The van der Waals surface area contributed by atoms with Crippen LogP contribution in [0.15, 0.2) is 59.7 Å². The van der Waals surface area contributed by atoms with Gasteiger partial charge in [-0.3, -0.25) is 4.99 Å². The van der Waals surface area contributed by atoms with Gasteiger partial charge in [-0.25, -0.2) is 4.98 Å². The summed E-state index contributed by atoms with van der Waals surface area (Å²) >= 11 is 0. The van der Waals surface area contributed by atoms with Crippen LogP contribution >= 0.6 is 24.0 Å². The van der Waals surface area contributed by atoms with Crippen LogP contribution in [0.25, 0.3) is 0 Å². The van der Waals surface area contributed by atoms with Crippen LogP contribution in [-0.2, 0) is 0 Å². The first-order valence-corrected chi connectivity index (χ1v) is 9.04. The first kappa shape index (κ1) is 23.0. The van der Waals surface area contributed by atoms with Gasteiger partial charge in [-0.15, -0.1) is 24.0 Å². The number of benzene rings is 1. The topological polar surface area (TPSA) is 61.8 Å². The molecule has 2 N–H and O–H groups in total.